The lowest BCUT2D eigenvalue weighted by molar-refractivity contribution is 0.199. The van der Waals surface area contributed by atoms with E-state index in [0.29, 0.717) is 0 Å². The van der Waals surface area contributed by atoms with Crippen LogP contribution in [0.15, 0.2) is 47.6 Å². The molecule has 2 nitrogen and oxygen atoms in total. The van der Waals surface area contributed by atoms with Crippen molar-refractivity contribution in [3.63, 3.8) is 0 Å². The molecule has 1 atom stereocenters. The minimum atomic E-state index is -0.439. The number of nitrogens with zero attached hydrogens (tertiary/aromatic N) is 1. The predicted molar refractivity (Wildman–Crippen MR) is 75.6 cm³/mol. The van der Waals surface area contributed by atoms with E-state index < -0.39 is 6.10 Å². The Hall–Kier alpha value is -1.32. The third kappa shape index (κ3) is 3.59. The normalized spacial score (nSPS) is 12.4. The Morgan fingerprint density at radius 1 is 1.28 bits per heavy atom. The van der Waals surface area contributed by atoms with Crippen LogP contribution in [0.1, 0.15) is 29.7 Å². The van der Waals surface area contributed by atoms with E-state index in [2.05, 4.69) is 36.2 Å². The first kappa shape index (κ1) is 13.1. The summed E-state index contributed by atoms with van der Waals surface area (Å²) in [5.74, 6) is 0.901. The van der Waals surface area contributed by atoms with E-state index in [1.54, 1.807) is 24.9 Å². The van der Waals surface area contributed by atoms with Gasteiger partial charge in [0, 0.05) is 11.9 Å². The Bertz CT molecular complexity index is 525. The van der Waals surface area contributed by atoms with E-state index >= 15 is 0 Å². The molecule has 0 saturated carbocycles. The highest BCUT2D eigenvalue weighted by atomic mass is 32.2. The Kier molecular flexibility index (Phi) is 4.39. The highest BCUT2D eigenvalue weighted by Gasteiger charge is 2.03. The van der Waals surface area contributed by atoms with Gasteiger partial charge in [-0.25, -0.2) is 4.98 Å². The fourth-order valence-corrected chi connectivity index (χ4v) is 2.57. The highest BCUT2D eigenvalue weighted by molar-refractivity contribution is 7.98. The maximum absolute atomic E-state index is 9.53. The van der Waals surface area contributed by atoms with Gasteiger partial charge in [-0.3, -0.25) is 0 Å². The zero-order valence-corrected chi connectivity index (χ0v) is 11.4. The van der Waals surface area contributed by atoms with Crippen LogP contribution < -0.4 is 0 Å². The van der Waals surface area contributed by atoms with Gasteiger partial charge in [0.15, 0.2) is 0 Å². The molecule has 2 aromatic rings. The minimum Gasteiger partial charge on any atom is -0.389 e. The zero-order chi connectivity index (χ0) is 13.0. The number of aliphatic hydroxyl groups excluding tert-OH is 1. The molecule has 1 unspecified atom stereocenters. The van der Waals surface area contributed by atoms with E-state index in [1.807, 2.05) is 12.1 Å². The summed E-state index contributed by atoms with van der Waals surface area (Å²) in [4.78, 5) is 4.31. The molecule has 1 aromatic carbocycles. The van der Waals surface area contributed by atoms with E-state index in [9.17, 15) is 5.11 Å². The van der Waals surface area contributed by atoms with Crippen molar-refractivity contribution in [3.8, 4) is 0 Å². The summed E-state index contributed by atoms with van der Waals surface area (Å²) in [5, 5.41) is 10.5. The van der Waals surface area contributed by atoms with Crippen molar-refractivity contribution in [1.29, 1.82) is 0 Å². The second-order valence-corrected chi connectivity index (χ2v) is 5.38. The number of hydrogen-bond acceptors (Lipinski definition) is 3. The number of hydrogen-bond donors (Lipinski definition) is 1. The number of pyridine rings is 1. The van der Waals surface area contributed by atoms with Crippen LogP contribution in [-0.2, 0) is 5.75 Å². The predicted octanol–water partition coefficient (Wildman–Crippen LogP) is 3.74. The topological polar surface area (TPSA) is 33.1 Å². The van der Waals surface area contributed by atoms with Crippen LogP contribution in [0.2, 0.25) is 0 Å². The third-order valence-corrected chi connectivity index (χ3v) is 3.71. The Balaban J connectivity index is 2.04. The van der Waals surface area contributed by atoms with Crippen molar-refractivity contribution in [2.45, 2.75) is 30.7 Å². The van der Waals surface area contributed by atoms with Gasteiger partial charge >= 0.3 is 0 Å². The standard InChI is InChI=1S/C15H17NOS/c1-11-4-3-5-13(8-11)10-18-15-9-14(12(2)17)6-7-16-15/h3-9,12,17H,10H2,1-2H3. The van der Waals surface area contributed by atoms with Crippen molar-refractivity contribution in [2.24, 2.45) is 0 Å². The van der Waals surface area contributed by atoms with Gasteiger partial charge in [0.2, 0.25) is 0 Å². The fraction of sp³-hybridized carbons (Fsp3) is 0.267. The number of aromatic nitrogens is 1. The molecule has 0 radical (unpaired) electrons. The first-order valence-electron chi connectivity index (χ1n) is 5.97. The number of aliphatic hydroxyl groups is 1. The summed E-state index contributed by atoms with van der Waals surface area (Å²) in [7, 11) is 0. The molecule has 1 heterocycles. The number of aryl methyl sites for hydroxylation is 1. The first-order chi connectivity index (χ1) is 8.65. The van der Waals surface area contributed by atoms with Gasteiger partial charge < -0.3 is 5.11 Å². The lowest BCUT2D eigenvalue weighted by Crippen LogP contribution is -1.92. The van der Waals surface area contributed by atoms with Crippen LogP contribution in [0.3, 0.4) is 0 Å². The minimum absolute atomic E-state index is 0.439. The highest BCUT2D eigenvalue weighted by Crippen LogP contribution is 2.23. The maximum atomic E-state index is 9.53. The van der Waals surface area contributed by atoms with Crippen LogP contribution in [0.25, 0.3) is 0 Å². The number of benzene rings is 1. The molecule has 0 bridgehead atoms. The number of thioether (sulfide) groups is 1. The van der Waals surface area contributed by atoms with Gasteiger partial charge in [-0.05, 0) is 37.1 Å². The van der Waals surface area contributed by atoms with Crippen LogP contribution in [-0.4, -0.2) is 10.1 Å². The number of rotatable bonds is 4. The molecule has 0 aliphatic rings. The molecule has 0 saturated heterocycles. The van der Waals surface area contributed by atoms with Crippen molar-refractivity contribution >= 4 is 11.8 Å². The average Bonchev–Trinajstić information content (AvgIpc) is 2.37. The Labute approximate surface area is 112 Å². The van der Waals surface area contributed by atoms with Crippen molar-refractivity contribution in [1.82, 2.24) is 4.98 Å². The fourth-order valence-electron chi connectivity index (χ4n) is 1.72. The molecule has 0 aliphatic heterocycles. The largest absolute Gasteiger partial charge is 0.389 e. The summed E-state index contributed by atoms with van der Waals surface area (Å²) in [6.45, 7) is 3.87. The smallest absolute Gasteiger partial charge is 0.0966 e. The van der Waals surface area contributed by atoms with Crippen LogP contribution in [0.5, 0.6) is 0 Å². The lowest BCUT2D eigenvalue weighted by Gasteiger charge is -2.07. The molecule has 0 aliphatic carbocycles. The van der Waals surface area contributed by atoms with Crippen LogP contribution in [0, 0.1) is 6.92 Å². The molecule has 3 heteroatoms. The van der Waals surface area contributed by atoms with E-state index in [1.165, 1.54) is 11.1 Å². The van der Waals surface area contributed by atoms with Crippen LogP contribution in [0.4, 0.5) is 0 Å². The Morgan fingerprint density at radius 3 is 2.83 bits per heavy atom. The monoisotopic (exact) mass is 259 g/mol. The lowest BCUT2D eigenvalue weighted by atomic mass is 10.2. The molecule has 1 N–H and O–H groups in total. The molecule has 18 heavy (non-hydrogen) atoms. The van der Waals surface area contributed by atoms with Gasteiger partial charge in [-0.2, -0.15) is 0 Å². The van der Waals surface area contributed by atoms with Gasteiger partial charge in [0.05, 0.1) is 11.1 Å². The molecular formula is C15H17NOS. The molecule has 0 spiro atoms. The van der Waals surface area contributed by atoms with Crippen molar-refractivity contribution in [2.75, 3.05) is 0 Å². The average molecular weight is 259 g/mol. The summed E-state index contributed by atoms with van der Waals surface area (Å²) < 4.78 is 0. The summed E-state index contributed by atoms with van der Waals surface area (Å²) in [6, 6.07) is 12.3. The van der Waals surface area contributed by atoms with Crippen LogP contribution >= 0.6 is 11.8 Å². The third-order valence-electron chi connectivity index (χ3n) is 2.71. The van der Waals surface area contributed by atoms with Gasteiger partial charge in [-0.1, -0.05) is 29.8 Å². The quantitative estimate of drug-likeness (QED) is 0.849. The van der Waals surface area contributed by atoms with Gasteiger partial charge in [0.1, 0.15) is 0 Å². The molecule has 0 fully saturated rings. The molecule has 0 amide bonds. The summed E-state index contributed by atoms with van der Waals surface area (Å²) in [5.41, 5.74) is 3.49. The van der Waals surface area contributed by atoms with Crippen molar-refractivity contribution in [3.05, 3.63) is 59.3 Å². The second kappa shape index (κ2) is 6.03. The summed E-state index contributed by atoms with van der Waals surface area (Å²) in [6.07, 6.45) is 1.31. The molecule has 94 valence electrons. The van der Waals surface area contributed by atoms with E-state index in [0.717, 1.165) is 16.3 Å². The molecular weight excluding hydrogens is 242 g/mol. The Morgan fingerprint density at radius 2 is 2.11 bits per heavy atom. The first-order valence-corrected chi connectivity index (χ1v) is 6.96. The zero-order valence-electron chi connectivity index (χ0n) is 10.6. The van der Waals surface area contributed by atoms with E-state index in [-0.39, 0.29) is 0 Å². The SMILES string of the molecule is Cc1cccc(CSc2cc(C(C)O)ccn2)c1. The second-order valence-electron chi connectivity index (χ2n) is 4.38. The maximum Gasteiger partial charge on any atom is 0.0966 e. The molecule has 2 rings (SSSR count). The van der Waals surface area contributed by atoms with Crippen molar-refractivity contribution < 1.29 is 5.11 Å². The summed E-state index contributed by atoms with van der Waals surface area (Å²) >= 11 is 1.69. The van der Waals surface area contributed by atoms with Gasteiger partial charge in [-0.15, -0.1) is 11.8 Å². The molecule has 1 aromatic heterocycles. The van der Waals surface area contributed by atoms with E-state index in [4.69, 9.17) is 0 Å². The van der Waals surface area contributed by atoms with Gasteiger partial charge in [0.25, 0.3) is 0 Å².